The second-order valence-electron chi connectivity index (χ2n) is 3.50. The number of hydrogen-bond donors (Lipinski definition) is 2. The minimum atomic E-state index is -0.837. The number of carbonyl (C=O) groups excluding carboxylic acids is 1. The summed E-state index contributed by atoms with van der Waals surface area (Å²) in [5.74, 6) is -1.06. The molecule has 88 valence electrons. The first kappa shape index (κ1) is 13.9. The van der Waals surface area contributed by atoms with Crippen molar-refractivity contribution in [1.82, 2.24) is 5.32 Å². The van der Waals surface area contributed by atoms with E-state index in [-0.39, 0.29) is 18.2 Å². The zero-order valence-electron chi connectivity index (χ0n) is 9.45. The molecule has 15 heavy (non-hydrogen) atoms. The molecule has 0 aliphatic heterocycles. The van der Waals surface area contributed by atoms with Gasteiger partial charge < -0.3 is 15.2 Å². The van der Waals surface area contributed by atoms with E-state index in [1.807, 2.05) is 6.92 Å². The highest BCUT2D eigenvalue weighted by Crippen LogP contribution is 2.06. The van der Waals surface area contributed by atoms with Crippen molar-refractivity contribution in [1.29, 1.82) is 0 Å². The Labute approximate surface area is 89.8 Å². The highest BCUT2D eigenvalue weighted by Gasteiger charge is 2.15. The van der Waals surface area contributed by atoms with Crippen molar-refractivity contribution < 1.29 is 19.4 Å². The lowest BCUT2D eigenvalue weighted by atomic mass is 10.0. The van der Waals surface area contributed by atoms with Crippen LogP contribution in [0.5, 0.6) is 0 Å². The summed E-state index contributed by atoms with van der Waals surface area (Å²) in [6.07, 6.45) is 0.318. The summed E-state index contributed by atoms with van der Waals surface area (Å²) in [4.78, 5) is 21.8. The van der Waals surface area contributed by atoms with E-state index in [0.717, 1.165) is 6.42 Å². The molecule has 0 aromatic carbocycles. The van der Waals surface area contributed by atoms with Crippen LogP contribution in [0.15, 0.2) is 0 Å². The van der Waals surface area contributed by atoms with Gasteiger partial charge in [-0.1, -0.05) is 13.3 Å². The van der Waals surface area contributed by atoms with E-state index in [2.05, 4.69) is 5.32 Å². The lowest BCUT2D eigenvalue weighted by Gasteiger charge is -2.15. The third-order valence-electron chi connectivity index (χ3n) is 2.33. The van der Waals surface area contributed by atoms with E-state index in [0.29, 0.717) is 6.54 Å². The Morgan fingerprint density at radius 1 is 1.47 bits per heavy atom. The monoisotopic (exact) mass is 217 g/mol. The van der Waals surface area contributed by atoms with E-state index in [4.69, 9.17) is 9.84 Å². The van der Waals surface area contributed by atoms with Crippen LogP contribution in [0.25, 0.3) is 0 Å². The molecule has 0 bridgehead atoms. The Kier molecular flexibility index (Phi) is 6.70. The van der Waals surface area contributed by atoms with Gasteiger partial charge in [0.25, 0.3) is 0 Å². The number of rotatable bonds is 7. The van der Waals surface area contributed by atoms with Crippen LogP contribution in [-0.4, -0.2) is 36.7 Å². The predicted molar refractivity (Wildman–Crippen MR) is 55.5 cm³/mol. The van der Waals surface area contributed by atoms with Gasteiger partial charge in [0.2, 0.25) is 5.91 Å². The molecule has 5 nitrogen and oxygen atoms in total. The Hall–Kier alpha value is -1.10. The molecule has 5 heteroatoms. The highest BCUT2D eigenvalue weighted by molar-refractivity contribution is 5.80. The number of hydrogen-bond acceptors (Lipinski definition) is 3. The Balaban J connectivity index is 3.89. The summed E-state index contributed by atoms with van der Waals surface area (Å²) in [5, 5.41) is 11.3. The predicted octanol–water partition coefficient (Wildman–Crippen LogP) is 0.638. The van der Waals surface area contributed by atoms with Crippen molar-refractivity contribution in [2.75, 3.05) is 13.7 Å². The Morgan fingerprint density at radius 3 is 2.47 bits per heavy atom. The molecule has 0 rings (SSSR count). The average Bonchev–Trinajstić information content (AvgIpc) is 2.21. The molecule has 0 aliphatic carbocycles. The first-order chi connectivity index (χ1) is 7.01. The molecule has 2 N–H and O–H groups in total. The molecule has 0 aromatic heterocycles. The zero-order valence-corrected chi connectivity index (χ0v) is 9.45. The number of carbonyl (C=O) groups is 2. The molecular formula is C10H19NO4. The number of amides is 1. The molecule has 0 spiro atoms. The summed E-state index contributed by atoms with van der Waals surface area (Å²) in [6, 6.07) is 0. The molecular weight excluding hydrogens is 198 g/mol. The third-order valence-corrected chi connectivity index (χ3v) is 2.33. The lowest BCUT2D eigenvalue weighted by molar-refractivity contribution is -0.138. The maximum Gasteiger partial charge on any atom is 0.303 e. The minimum absolute atomic E-state index is 0.0180. The van der Waals surface area contributed by atoms with E-state index >= 15 is 0 Å². The van der Waals surface area contributed by atoms with Crippen LogP contribution in [0, 0.1) is 5.92 Å². The summed E-state index contributed by atoms with van der Waals surface area (Å²) in [5.41, 5.74) is 0. The first-order valence-corrected chi connectivity index (χ1v) is 5.03. The molecule has 0 heterocycles. The van der Waals surface area contributed by atoms with Gasteiger partial charge in [0, 0.05) is 20.1 Å². The summed E-state index contributed by atoms with van der Waals surface area (Å²) in [7, 11) is 1.46. The summed E-state index contributed by atoms with van der Waals surface area (Å²) < 4.78 is 4.83. The normalized spacial score (nSPS) is 14.3. The fraction of sp³-hybridized carbons (Fsp3) is 0.800. The first-order valence-electron chi connectivity index (χ1n) is 5.03. The van der Waals surface area contributed by atoms with E-state index < -0.39 is 12.1 Å². The topological polar surface area (TPSA) is 75.6 Å². The van der Waals surface area contributed by atoms with Crippen LogP contribution in [0.2, 0.25) is 0 Å². The van der Waals surface area contributed by atoms with Gasteiger partial charge in [-0.25, -0.2) is 0 Å². The van der Waals surface area contributed by atoms with Crippen LogP contribution in [-0.2, 0) is 14.3 Å². The highest BCUT2D eigenvalue weighted by atomic mass is 16.5. The van der Waals surface area contributed by atoms with Crippen molar-refractivity contribution in [3.05, 3.63) is 0 Å². The van der Waals surface area contributed by atoms with E-state index in [9.17, 15) is 9.59 Å². The van der Waals surface area contributed by atoms with Crippen molar-refractivity contribution in [3.63, 3.8) is 0 Å². The van der Waals surface area contributed by atoms with Crippen molar-refractivity contribution in [3.8, 4) is 0 Å². The Morgan fingerprint density at radius 2 is 2.07 bits per heavy atom. The second kappa shape index (κ2) is 7.23. The number of carboxylic acid groups (broad SMARTS) is 1. The maximum absolute atomic E-state index is 11.3. The van der Waals surface area contributed by atoms with Gasteiger partial charge in [-0.3, -0.25) is 9.59 Å². The molecule has 0 saturated carbocycles. The van der Waals surface area contributed by atoms with Crippen LogP contribution >= 0.6 is 0 Å². The van der Waals surface area contributed by atoms with Gasteiger partial charge in [-0.2, -0.15) is 0 Å². The number of nitrogens with one attached hydrogen (secondary N) is 1. The summed E-state index contributed by atoms with van der Waals surface area (Å²) in [6.45, 7) is 3.93. The van der Waals surface area contributed by atoms with Crippen molar-refractivity contribution in [2.45, 2.75) is 32.8 Å². The Bertz CT molecular complexity index is 217. The largest absolute Gasteiger partial charge is 0.481 e. The van der Waals surface area contributed by atoms with Crippen LogP contribution in [0.3, 0.4) is 0 Å². The average molecular weight is 217 g/mol. The van der Waals surface area contributed by atoms with E-state index in [1.165, 1.54) is 7.11 Å². The smallest absolute Gasteiger partial charge is 0.303 e. The molecule has 0 aliphatic rings. The third kappa shape index (κ3) is 6.06. The van der Waals surface area contributed by atoms with Gasteiger partial charge in [-0.05, 0) is 12.8 Å². The molecule has 1 amide bonds. The molecule has 0 aromatic rings. The van der Waals surface area contributed by atoms with Crippen molar-refractivity contribution >= 4 is 11.9 Å². The fourth-order valence-electron chi connectivity index (χ4n) is 1.10. The maximum atomic E-state index is 11.3. The SMILES string of the molecule is CCC(CNC(=O)C(C)OC)CC(=O)O. The van der Waals surface area contributed by atoms with Crippen LogP contribution in [0.4, 0.5) is 0 Å². The zero-order chi connectivity index (χ0) is 11.8. The number of carboxylic acids is 1. The molecule has 0 radical (unpaired) electrons. The van der Waals surface area contributed by atoms with Gasteiger partial charge >= 0.3 is 5.97 Å². The summed E-state index contributed by atoms with van der Waals surface area (Å²) >= 11 is 0. The van der Waals surface area contributed by atoms with Crippen LogP contribution < -0.4 is 5.32 Å². The number of aliphatic carboxylic acids is 1. The van der Waals surface area contributed by atoms with Crippen LogP contribution in [0.1, 0.15) is 26.7 Å². The van der Waals surface area contributed by atoms with Gasteiger partial charge in [0.05, 0.1) is 0 Å². The molecule has 0 saturated heterocycles. The quantitative estimate of drug-likeness (QED) is 0.656. The standard InChI is InChI=1S/C10H19NO4/c1-4-8(5-9(12)13)6-11-10(14)7(2)15-3/h7-8H,4-6H2,1-3H3,(H,11,14)(H,12,13). The van der Waals surface area contributed by atoms with E-state index in [1.54, 1.807) is 6.92 Å². The minimum Gasteiger partial charge on any atom is -0.481 e. The fourth-order valence-corrected chi connectivity index (χ4v) is 1.10. The van der Waals surface area contributed by atoms with Crippen molar-refractivity contribution in [2.24, 2.45) is 5.92 Å². The van der Waals surface area contributed by atoms with Gasteiger partial charge in [0.15, 0.2) is 0 Å². The van der Waals surface area contributed by atoms with Gasteiger partial charge in [0.1, 0.15) is 6.10 Å². The van der Waals surface area contributed by atoms with Gasteiger partial charge in [-0.15, -0.1) is 0 Å². The molecule has 2 unspecified atom stereocenters. The lowest BCUT2D eigenvalue weighted by Crippen LogP contribution is -2.37. The number of methoxy groups -OCH3 is 1. The second-order valence-corrected chi connectivity index (χ2v) is 3.50. The molecule has 2 atom stereocenters. The molecule has 0 fully saturated rings. The number of ether oxygens (including phenoxy) is 1.